The highest BCUT2D eigenvalue weighted by Crippen LogP contribution is 2.55. The number of allylic oxidation sites excluding steroid dienone is 3. The highest BCUT2D eigenvalue weighted by molar-refractivity contribution is 6.38. The van der Waals surface area contributed by atoms with Crippen molar-refractivity contribution in [3.63, 3.8) is 0 Å². The van der Waals surface area contributed by atoms with Gasteiger partial charge in [0.2, 0.25) is 0 Å². The van der Waals surface area contributed by atoms with Gasteiger partial charge in [-0.05, 0) is 91.1 Å². The summed E-state index contributed by atoms with van der Waals surface area (Å²) < 4.78 is 16.8. The fourth-order valence-corrected chi connectivity index (χ4v) is 5.90. The number of carbonyl (C=O) groups excluding carboxylic acids is 1. The van der Waals surface area contributed by atoms with Gasteiger partial charge in [-0.1, -0.05) is 35.0 Å². The summed E-state index contributed by atoms with van der Waals surface area (Å²) >= 11 is 13.0. The second-order valence-corrected chi connectivity index (χ2v) is 11.0. The van der Waals surface area contributed by atoms with Crippen LogP contribution in [0.25, 0.3) is 5.57 Å². The minimum Gasteiger partial charge on any atom is -0.489 e. The largest absolute Gasteiger partial charge is 0.489 e. The highest BCUT2D eigenvalue weighted by atomic mass is 35.5. The number of rotatable bonds is 8. The Kier molecular flexibility index (Phi) is 6.69. The third-order valence-electron chi connectivity index (χ3n) is 7.58. The summed E-state index contributed by atoms with van der Waals surface area (Å²) in [5.74, 6) is 2.63. The molecule has 3 unspecified atom stereocenters. The molecule has 2 fully saturated rings. The molecule has 5 nitrogen and oxygen atoms in total. The van der Waals surface area contributed by atoms with Gasteiger partial charge in [-0.25, -0.2) is 4.79 Å². The molecule has 0 amide bonds. The van der Waals surface area contributed by atoms with E-state index in [2.05, 4.69) is 29.9 Å². The molecular formula is C31H27Cl2NO4. The topological polar surface area (TPSA) is 61.6 Å². The van der Waals surface area contributed by atoms with E-state index < -0.39 is 5.38 Å². The van der Waals surface area contributed by atoms with Gasteiger partial charge in [0.15, 0.2) is 0 Å². The molecular weight excluding hydrogens is 521 g/mol. The van der Waals surface area contributed by atoms with Gasteiger partial charge in [-0.2, -0.15) is 0 Å². The van der Waals surface area contributed by atoms with Crippen molar-refractivity contribution < 1.29 is 18.8 Å². The number of hydrogen-bond acceptors (Lipinski definition) is 5. The molecule has 3 aromatic rings. The molecule has 0 radical (unpaired) electrons. The molecule has 0 aliphatic heterocycles. The van der Waals surface area contributed by atoms with Gasteiger partial charge in [0.25, 0.3) is 0 Å². The lowest BCUT2D eigenvalue weighted by atomic mass is 9.99. The van der Waals surface area contributed by atoms with Gasteiger partial charge in [0.1, 0.15) is 23.8 Å². The van der Waals surface area contributed by atoms with E-state index in [1.807, 2.05) is 30.3 Å². The fourth-order valence-electron chi connectivity index (χ4n) is 5.28. The molecule has 38 heavy (non-hydrogen) atoms. The summed E-state index contributed by atoms with van der Waals surface area (Å²) in [6, 6.07) is 14.0. The van der Waals surface area contributed by atoms with Crippen molar-refractivity contribution in [2.45, 2.75) is 55.9 Å². The quantitative estimate of drug-likeness (QED) is 0.163. The highest BCUT2D eigenvalue weighted by Gasteiger charge is 2.40. The van der Waals surface area contributed by atoms with E-state index >= 15 is 0 Å². The Morgan fingerprint density at radius 1 is 1.16 bits per heavy atom. The van der Waals surface area contributed by atoms with Crippen LogP contribution in [0.1, 0.15) is 81.1 Å². The molecule has 0 saturated heterocycles. The number of aryl methyl sites for hydroxylation is 1. The van der Waals surface area contributed by atoms with E-state index in [0.717, 1.165) is 41.9 Å². The van der Waals surface area contributed by atoms with Crippen LogP contribution in [0.5, 0.6) is 5.75 Å². The standard InChI is InChI=1S/C31H27Cl2NO4/c1-17-14-21(12-13-22(17)24-15-23(24)18-6-10-20(11-7-18)31(35)36-2)37-16-25-29(34-38-30(25)19-8-9-19)28-26(32)4-3-5-27(28)33/h4-7,10-14,19,23-24,26H,8-9,15-16H2,1-2H3. The summed E-state index contributed by atoms with van der Waals surface area (Å²) in [4.78, 5) is 11.7. The molecule has 2 saturated carbocycles. The number of benzene rings is 2. The lowest BCUT2D eigenvalue weighted by Crippen LogP contribution is -2.08. The number of carbonyl (C=O) groups is 1. The number of alkyl halides is 1. The van der Waals surface area contributed by atoms with Crippen LogP contribution < -0.4 is 4.74 Å². The maximum Gasteiger partial charge on any atom is 0.337 e. The Bertz CT molecular complexity index is 1490. The van der Waals surface area contributed by atoms with Crippen LogP contribution in [0.3, 0.4) is 0 Å². The first-order valence-corrected chi connectivity index (χ1v) is 13.6. The number of ether oxygens (including phenoxy) is 2. The van der Waals surface area contributed by atoms with E-state index in [1.165, 1.54) is 23.8 Å². The Hall–Kier alpha value is -3.24. The zero-order valence-corrected chi connectivity index (χ0v) is 22.7. The summed E-state index contributed by atoms with van der Waals surface area (Å²) in [6.45, 7) is 2.45. The molecule has 0 bridgehead atoms. The number of methoxy groups -OCH3 is 1. The van der Waals surface area contributed by atoms with Gasteiger partial charge in [0, 0.05) is 11.5 Å². The molecule has 3 aliphatic rings. The van der Waals surface area contributed by atoms with Crippen LogP contribution in [0.15, 0.2) is 69.9 Å². The molecule has 6 rings (SSSR count). The maximum atomic E-state index is 11.7. The smallest absolute Gasteiger partial charge is 0.337 e. The normalized spacial score (nSPS) is 22.1. The molecule has 194 valence electrons. The van der Waals surface area contributed by atoms with E-state index in [1.54, 1.807) is 12.2 Å². The Morgan fingerprint density at radius 2 is 1.95 bits per heavy atom. The zero-order chi connectivity index (χ0) is 26.4. The Morgan fingerprint density at radius 3 is 2.63 bits per heavy atom. The van der Waals surface area contributed by atoms with E-state index in [-0.39, 0.29) is 5.97 Å². The molecule has 7 heteroatoms. The summed E-state index contributed by atoms with van der Waals surface area (Å²) in [5.41, 5.74) is 9.62. The van der Waals surface area contributed by atoms with Crippen molar-refractivity contribution in [3.8, 4) is 5.75 Å². The number of hydrogen-bond donors (Lipinski definition) is 0. The molecule has 0 N–H and O–H groups in total. The molecule has 1 aromatic heterocycles. The summed E-state index contributed by atoms with van der Waals surface area (Å²) in [6.07, 6.45) is 6.72. The zero-order valence-electron chi connectivity index (χ0n) is 21.2. The van der Waals surface area contributed by atoms with E-state index in [4.69, 9.17) is 37.2 Å². The average molecular weight is 548 g/mol. The first-order chi connectivity index (χ1) is 18.4. The van der Waals surface area contributed by atoms with Gasteiger partial charge in [-0.15, -0.1) is 17.3 Å². The monoisotopic (exact) mass is 547 g/mol. The third kappa shape index (κ3) is 4.82. The molecule has 3 aliphatic carbocycles. The number of halogens is 2. The molecule has 3 atom stereocenters. The predicted octanol–water partition coefficient (Wildman–Crippen LogP) is 7.78. The third-order valence-corrected chi connectivity index (χ3v) is 8.24. The van der Waals surface area contributed by atoms with Crippen LogP contribution in [-0.2, 0) is 11.3 Å². The minimum absolute atomic E-state index is 0.312. The summed E-state index contributed by atoms with van der Waals surface area (Å²) in [7, 11) is 1.40. The first kappa shape index (κ1) is 25.1. The van der Waals surface area contributed by atoms with Gasteiger partial charge >= 0.3 is 5.97 Å². The average Bonchev–Trinajstić information content (AvgIpc) is 3.85. The Balaban J connectivity index is 1.17. The number of nitrogens with zero attached hydrogens (tertiary/aromatic N) is 1. The molecule has 0 spiro atoms. The maximum absolute atomic E-state index is 11.7. The second kappa shape index (κ2) is 10.1. The number of aromatic nitrogens is 1. The van der Waals surface area contributed by atoms with E-state index in [9.17, 15) is 4.79 Å². The van der Waals surface area contributed by atoms with Crippen molar-refractivity contribution in [2.75, 3.05) is 7.11 Å². The van der Waals surface area contributed by atoms with E-state index in [0.29, 0.717) is 40.7 Å². The van der Waals surface area contributed by atoms with Crippen molar-refractivity contribution in [3.05, 3.63) is 105 Å². The lowest BCUT2D eigenvalue weighted by molar-refractivity contribution is 0.0600. The van der Waals surface area contributed by atoms with Gasteiger partial charge in [-0.3, -0.25) is 0 Å². The van der Waals surface area contributed by atoms with Crippen LogP contribution in [0.4, 0.5) is 0 Å². The van der Waals surface area contributed by atoms with Crippen molar-refractivity contribution in [1.82, 2.24) is 5.16 Å². The van der Waals surface area contributed by atoms with Crippen LogP contribution in [-0.4, -0.2) is 23.6 Å². The second-order valence-electron chi connectivity index (χ2n) is 10.2. The number of esters is 1. The van der Waals surface area contributed by atoms with Crippen LogP contribution in [0.2, 0.25) is 0 Å². The summed E-state index contributed by atoms with van der Waals surface area (Å²) in [5, 5.41) is 4.45. The predicted molar refractivity (Wildman–Crippen MR) is 147 cm³/mol. The van der Waals surface area contributed by atoms with Crippen LogP contribution >= 0.6 is 23.2 Å². The van der Waals surface area contributed by atoms with Gasteiger partial charge in [0.05, 0.1) is 28.6 Å². The van der Waals surface area contributed by atoms with Crippen molar-refractivity contribution in [2.24, 2.45) is 0 Å². The molecule has 1 heterocycles. The van der Waals surface area contributed by atoms with Crippen molar-refractivity contribution >= 4 is 34.7 Å². The minimum atomic E-state index is -0.423. The fraction of sp³-hybridized carbons (Fsp3) is 0.323. The Labute approximate surface area is 231 Å². The van der Waals surface area contributed by atoms with Crippen LogP contribution in [0, 0.1) is 6.92 Å². The van der Waals surface area contributed by atoms with Crippen molar-refractivity contribution in [1.29, 1.82) is 0 Å². The SMILES string of the molecule is COC(=O)c1ccc(C2CC2c2ccc(OCc3c(C4=C(Cl)C=C=CC4Cl)noc3C3CC3)cc2C)cc1. The van der Waals surface area contributed by atoms with Gasteiger partial charge < -0.3 is 14.0 Å². The molecule has 2 aromatic carbocycles. The first-order valence-electron chi connectivity index (χ1n) is 12.8. The lowest BCUT2D eigenvalue weighted by Gasteiger charge is -2.14.